The molecule has 0 unspecified atom stereocenters. The first-order valence-corrected chi connectivity index (χ1v) is 5.06. The van der Waals surface area contributed by atoms with Crippen molar-refractivity contribution in [2.75, 3.05) is 11.9 Å². The van der Waals surface area contributed by atoms with Crippen molar-refractivity contribution in [2.45, 2.75) is 19.9 Å². The van der Waals surface area contributed by atoms with Crippen LogP contribution in [0.5, 0.6) is 0 Å². The van der Waals surface area contributed by atoms with Crippen molar-refractivity contribution in [2.24, 2.45) is 5.73 Å². The lowest BCUT2D eigenvalue weighted by Crippen LogP contribution is -2.40. The molecule has 2 amide bonds. The predicted octanol–water partition coefficient (Wildman–Crippen LogP) is 1.60. The minimum Gasteiger partial charge on any atom is -0.334 e. The number of carbonyl (C=O) groups is 1. The molecule has 0 fully saturated rings. The topological polar surface area (TPSA) is 67.2 Å². The number of hydrogen-bond donors (Lipinski definition) is 3. The van der Waals surface area contributed by atoms with Crippen LogP contribution in [0.2, 0.25) is 0 Å². The molecule has 1 aromatic rings. The molecule has 0 radical (unpaired) electrons. The molecular weight excluding hydrogens is 209 g/mol. The molecular formula is C11H16FN3O. The normalized spacial score (nSPS) is 12.0. The van der Waals surface area contributed by atoms with E-state index in [1.54, 1.807) is 19.9 Å². The summed E-state index contributed by atoms with van der Waals surface area (Å²) in [5.41, 5.74) is 6.41. The van der Waals surface area contributed by atoms with E-state index in [9.17, 15) is 9.18 Å². The van der Waals surface area contributed by atoms with Crippen LogP contribution in [0.25, 0.3) is 0 Å². The second kappa shape index (κ2) is 5.46. The van der Waals surface area contributed by atoms with Gasteiger partial charge in [0, 0.05) is 18.3 Å². The minimum absolute atomic E-state index is 0.0958. The lowest BCUT2D eigenvalue weighted by Gasteiger charge is -2.12. The lowest BCUT2D eigenvalue weighted by molar-refractivity contribution is 0.249. The molecule has 0 heterocycles. The zero-order valence-electron chi connectivity index (χ0n) is 9.38. The fourth-order valence-corrected chi connectivity index (χ4v) is 1.17. The summed E-state index contributed by atoms with van der Waals surface area (Å²) in [4.78, 5) is 11.4. The molecule has 0 bridgehead atoms. The number of nitrogens with one attached hydrogen (secondary N) is 2. The third kappa shape index (κ3) is 3.51. The van der Waals surface area contributed by atoms with E-state index in [1.165, 1.54) is 12.1 Å². The molecule has 0 saturated carbocycles. The molecule has 0 aromatic heterocycles. The van der Waals surface area contributed by atoms with Crippen molar-refractivity contribution in [3.8, 4) is 0 Å². The van der Waals surface area contributed by atoms with E-state index >= 15 is 0 Å². The smallest absolute Gasteiger partial charge is 0.319 e. The number of urea groups is 1. The Kier molecular flexibility index (Phi) is 4.25. The molecule has 1 atom stereocenters. The van der Waals surface area contributed by atoms with Crippen molar-refractivity contribution in [3.05, 3.63) is 29.6 Å². The van der Waals surface area contributed by atoms with Gasteiger partial charge in [0.15, 0.2) is 0 Å². The maximum atomic E-state index is 13.0. The van der Waals surface area contributed by atoms with Crippen molar-refractivity contribution in [3.63, 3.8) is 0 Å². The molecule has 16 heavy (non-hydrogen) atoms. The standard InChI is InChI=1S/C11H16FN3O/c1-7-5-9(3-4-10(7)12)15-11(16)14-8(2)6-13/h3-5,8H,6,13H2,1-2H3,(H2,14,15,16)/t8-/m1/s1. The summed E-state index contributed by atoms with van der Waals surface area (Å²) >= 11 is 0. The number of aryl methyl sites for hydroxylation is 1. The van der Waals surface area contributed by atoms with E-state index in [2.05, 4.69) is 10.6 Å². The van der Waals surface area contributed by atoms with Crippen LogP contribution in [0, 0.1) is 12.7 Å². The number of rotatable bonds is 3. The SMILES string of the molecule is Cc1cc(NC(=O)N[C@H](C)CN)ccc1F. The third-order valence-corrected chi connectivity index (χ3v) is 2.15. The molecule has 88 valence electrons. The van der Waals surface area contributed by atoms with Crippen LogP contribution in [0.3, 0.4) is 0 Å². The van der Waals surface area contributed by atoms with Gasteiger partial charge in [-0.1, -0.05) is 0 Å². The Morgan fingerprint density at radius 2 is 2.25 bits per heavy atom. The van der Waals surface area contributed by atoms with Crippen LogP contribution >= 0.6 is 0 Å². The number of nitrogens with two attached hydrogens (primary N) is 1. The summed E-state index contributed by atoms with van der Waals surface area (Å²) in [7, 11) is 0. The first-order chi connectivity index (χ1) is 7.52. The van der Waals surface area contributed by atoms with E-state index in [-0.39, 0.29) is 17.9 Å². The molecule has 1 rings (SSSR count). The average Bonchev–Trinajstić information content (AvgIpc) is 2.23. The molecule has 1 aromatic carbocycles. The second-order valence-corrected chi connectivity index (χ2v) is 3.70. The van der Waals surface area contributed by atoms with Gasteiger partial charge in [0.2, 0.25) is 0 Å². The zero-order chi connectivity index (χ0) is 12.1. The Labute approximate surface area is 94.0 Å². The summed E-state index contributed by atoms with van der Waals surface area (Å²) in [6, 6.07) is 3.96. The Bertz CT molecular complexity index is 381. The summed E-state index contributed by atoms with van der Waals surface area (Å²) < 4.78 is 13.0. The number of hydrogen-bond acceptors (Lipinski definition) is 2. The lowest BCUT2D eigenvalue weighted by atomic mass is 10.2. The highest BCUT2D eigenvalue weighted by Crippen LogP contribution is 2.13. The van der Waals surface area contributed by atoms with Crippen molar-refractivity contribution >= 4 is 11.7 Å². The summed E-state index contributed by atoms with van der Waals surface area (Å²) in [5, 5.41) is 5.25. The predicted molar refractivity (Wildman–Crippen MR) is 61.8 cm³/mol. The number of benzene rings is 1. The highest BCUT2D eigenvalue weighted by Gasteiger charge is 2.06. The highest BCUT2D eigenvalue weighted by molar-refractivity contribution is 5.89. The van der Waals surface area contributed by atoms with Gasteiger partial charge in [0.25, 0.3) is 0 Å². The van der Waals surface area contributed by atoms with Gasteiger partial charge in [0.1, 0.15) is 5.82 Å². The van der Waals surface area contributed by atoms with Gasteiger partial charge in [-0.25, -0.2) is 9.18 Å². The number of halogens is 1. The Morgan fingerprint density at radius 1 is 1.56 bits per heavy atom. The van der Waals surface area contributed by atoms with Crippen LogP contribution in [0.4, 0.5) is 14.9 Å². The van der Waals surface area contributed by atoms with Gasteiger partial charge < -0.3 is 16.4 Å². The average molecular weight is 225 g/mol. The first kappa shape index (κ1) is 12.4. The second-order valence-electron chi connectivity index (χ2n) is 3.70. The molecule has 4 N–H and O–H groups in total. The van der Waals surface area contributed by atoms with Gasteiger partial charge in [-0.3, -0.25) is 0 Å². The maximum Gasteiger partial charge on any atom is 0.319 e. The maximum absolute atomic E-state index is 13.0. The van der Waals surface area contributed by atoms with Crippen LogP contribution in [-0.4, -0.2) is 18.6 Å². The summed E-state index contributed by atoms with van der Waals surface area (Å²) in [6.07, 6.45) is 0. The molecule has 4 nitrogen and oxygen atoms in total. The molecule has 0 aliphatic rings. The van der Waals surface area contributed by atoms with E-state index in [4.69, 9.17) is 5.73 Å². The number of amides is 2. The largest absolute Gasteiger partial charge is 0.334 e. The third-order valence-electron chi connectivity index (χ3n) is 2.15. The van der Waals surface area contributed by atoms with Gasteiger partial charge in [0.05, 0.1) is 0 Å². The monoisotopic (exact) mass is 225 g/mol. The van der Waals surface area contributed by atoms with E-state index in [1.807, 2.05) is 0 Å². The molecule has 0 aliphatic carbocycles. The summed E-state index contributed by atoms with van der Waals surface area (Å²) in [5.74, 6) is -0.290. The Hall–Kier alpha value is -1.62. The van der Waals surface area contributed by atoms with Crippen LogP contribution < -0.4 is 16.4 Å². The minimum atomic E-state index is -0.344. The number of anilines is 1. The van der Waals surface area contributed by atoms with Gasteiger partial charge in [-0.05, 0) is 37.6 Å². The molecule has 0 aliphatic heterocycles. The van der Waals surface area contributed by atoms with Crippen LogP contribution in [0.1, 0.15) is 12.5 Å². The van der Waals surface area contributed by atoms with Gasteiger partial charge in [-0.2, -0.15) is 0 Å². The van der Waals surface area contributed by atoms with Gasteiger partial charge >= 0.3 is 6.03 Å². The molecule has 0 saturated heterocycles. The van der Waals surface area contributed by atoms with E-state index in [0.717, 1.165) is 0 Å². The Morgan fingerprint density at radius 3 is 2.81 bits per heavy atom. The van der Waals surface area contributed by atoms with Crippen LogP contribution in [-0.2, 0) is 0 Å². The quantitative estimate of drug-likeness (QED) is 0.731. The highest BCUT2D eigenvalue weighted by atomic mass is 19.1. The van der Waals surface area contributed by atoms with Crippen molar-refractivity contribution < 1.29 is 9.18 Å². The summed E-state index contributed by atoms with van der Waals surface area (Å²) in [6.45, 7) is 3.81. The van der Waals surface area contributed by atoms with Crippen molar-refractivity contribution in [1.82, 2.24) is 5.32 Å². The van der Waals surface area contributed by atoms with Crippen molar-refractivity contribution in [1.29, 1.82) is 0 Å². The van der Waals surface area contributed by atoms with E-state index < -0.39 is 0 Å². The first-order valence-electron chi connectivity index (χ1n) is 5.06. The molecule has 5 heteroatoms. The van der Waals surface area contributed by atoms with E-state index in [0.29, 0.717) is 17.8 Å². The fraction of sp³-hybridized carbons (Fsp3) is 0.364. The number of carbonyl (C=O) groups excluding carboxylic acids is 1. The van der Waals surface area contributed by atoms with Crippen LogP contribution in [0.15, 0.2) is 18.2 Å². The van der Waals surface area contributed by atoms with Gasteiger partial charge in [-0.15, -0.1) is 0 Å². The molecule has 0 spiro atoms. The fourth-order valence-electron chi connectivity index (χ4n) is 1.17. The zero-order valence-corrected chi connectivity index (χ0v) is 9.38. The Balaban J connectivity index is 2.59.